The van der Waals surface area contributed by atoms with E-state index in [0.29, 0.717) is 11.4 Å². The third-order valence-electron chi connectivity index (χ3n) is 3.40. The van der Waals surface area contributed by atoms with E-state index in [1.807, 2.05) is 6.07 Å². The summed E-state index contributed by atoms with van der Waals surface area (Å²) in [5.41, 5.74) is 0.649. The molecule has 0 saturated heterocycles. The first-order valence-electron chi connectivity index (χ1n) is 7.18. The zero-order valence-electron chi connectivity index (χ0n) is 12.8. The molecule has 1 heterocycles. The number of hydrogen-bond donors (Lipinski definition) is 2. The number of hydrogen-bond acceptors (Lipinski definition) is 4. The zero-order valence-corrected chi connectivity index (χ0v) is 13.6. The van der Waals surface area contributed by atoms with Crippen molar-refractivity contribution in [2.45, 2.75) is 17.9 Å². The van der Waals surface area contributed by atoms with Crippen LogP contribution >= 0.6 is 0 Å². The van der Waals surface area contributed by atoms with Gasteiger partial charge in [-0.1, -0.05) is 42.5 Å². The van der Waals surface area contributed by atoms with Crippen LogP contribution in [0, 0.1) is 12.7 Å². The highest BCUT2D eigenvalue weighted by Crippen LogP contribution is 2.23. The largest absolute Gasteiger partial charge is 0.263 e. The molecular formula is C16H15FN4O2S. The van der Waals surface area contributed by atoms with Crippen LogP contribution < -0.4 is 4.72 Å². The van der Waals surface area contributed by atoms with Gasteiger partial charge >= 0.3 is 0 Å². The van der Waals surface area contributed by atoms with Gasteiger partial charge < -0.3 is 0 Å². The number of sulfonamides is 1. The molecule has 0 bridgehead atoms. The summed E-state index contributed by atoms with van der Waals surface area (Å²) in [5.74, 6) is -0.00221. The van der Waals surface area contributed by atoms with Gasteiger partial charge in [0.2, 0.25) is 10.0 Å². The average Bonchev–Trinajstić information content (AvgIpc) is 3.00. The molecule has 2 aromatic carbocycles. The van der Waals surface area contributed by atoms with Crippen molar-refractivity contribution in [3.05, 3.63) is 77.6 Å². The Morgan fingerprint density at radius 1 is 1.08 bits per heavy atom. The van der Waals surface area contributed by atoms with Crippen molar-refractivity contribution in [2.75, 3.05) is 0 Å². The minimum atomic E-state index is -4.10. The van der Waals surface area contributed by atoms with Crippen LogP contribution in [0.2, 0.25) is 0 Å². The molecule has 0 spiro atoms. The lowest BCUT2D eigenvalue weighted by molar-refractivity contribution is 0.547. The first-order valence-corrected chi connectivity index (χ1v) is 8.66. The Labute approximate surface area is 138 Å². The van der Waals surface area contributed by atoms with Gasteiger partial charge in [0.25, 0.3) is 0 Å². The maximum atomic E-state index is 13.9. The predicted octanol–water partition coefficient (Wildman–Crippen LogP) is 2.32. The summed E-state index contributed by atoms with van der Waals surface area (Å²) in [5, 5.41) is 6.72. The second kappa shape index (κ2) is 6.50. The van der Waals surface area contributed by atoms with E-state index in [9.17, 15) is 12.8 Å². The van der Waals surface area contributed by atoms with Crippen LogP contribution in [0.1, 0.15) is 23.3 Å². The van der Waals surface area contributed by atoms with Gasteiger partial charge in [0.05, 0.1) is 0 Å². The van der Waals surface area contributed by atoms with Gasteiger partial charge in [-0.2, -0.15) is 9.82 Å². The molecule has 0 aliphatic heterocycles. The van der Waals surface area contributed by atoms with Gasteiger partial charge in [-0.3, -0.25) is 5.10 Å². The average molecular weight is 346 g/mol. The summed E-state index contributed by atoms with van der Waals surface area (Å²) >= 11 is 0. The molecule has 1 atom stereocenters. The van der Waals surface area contributed by atoms with E-state index in [1.54, 1.807) is 31.2 Å². The molecule has 0 saturated carbocycles. The van der Waals surface area contributed by atoms with Crippen molar-refractivity contribution in [2.24, 2.45) is 0 Å². The van der Waals surface area contributed by atoms with Crippen molar-refractivity contribution < 1.29 is 12.8 Å². The molecule has 1 unspecified atom stereocenters. The molecular weight excluding hydrogens is 331 g/mol. The second-order valence-corrected chi connectivity index (χ2v) is 6.86. The minimum Gasteiger partial charge on any atom is -0.263 e. The van der Waals surface area contributed by atoms with E-state index in [2.05, 4.69) is 19.9 Å². The number of benzene rings is 2. The molecule has 24 heavy (non-hydrogen) atoms. The lowest BCUT2D eigenvalue weighted by Crippen LogP contribution is -2.30. The molecule has 2 N–H and O–H groups in total. The Morgan fingerprint density at radius 3 is 2.38 bits per heavy atom. The van der Waals surface area contributed by atoms with E-state index >= 15 is 0 Å². The Hall–Kier alpha value is -2.58. The summed E-state index contributed by atoms with van der Waals surface area (Å²) in [6, 6.07) is 13.2. The Bertz CT molecular complexity index is 941. The number of H-pyrrole nitrogens is 1. The van der Waals surface area contributed by atoms with Crippen LogP contribution in [-0.4, -0.2) is 23.6 Å². The lowest BCUT2D eigenvalue weighted by Gasteiger charge is -2.16. The van der Waals surface area contributed by atoms with E-state index in [1.165, 1.54) is 18.2 Å². The molecule has 124 valence electrons. The molecule has 0 fully saturated rings. The Balaban J connectivity index is 2.03. The topological polar surface area (TPSA) is 87.7 Å². The third kappa shape index (κ3) is 3.34. The monoisotopic (exact) mass is 346 g/mol. The SMILES string of the molecule is Cc1nc(C(NS(=O)(=O)c2ccccc2F)c2ccccc2)n[nH]1. The highest BCUT2D eigenvalue weighted by molar-refractivity contribution is 7.89. The summed E-state index contributed by atoms with van der Waals surface area (Å²) in [7, 11) is -4.10. The summed E-state index contributed by atoms with van der Waals surface area (Å²) in [6.45, 7) is 1.71. The lowest BCUT2D eigenvalue weighted by atomic mass is 10.1. The van der Waals surface area contributed by atoms with Gasteiger partial charge in [0.1, 0.15) is 22.6 Å². The van der Waals surface area contributed by atoms with E-state index in [0.717, 1.165) is 6.07 Å². The number of rotatable bonds is 5. The van der Waals surface area contributed by atoms with E-state index in [4.69, 9.17) is 0 Å². The molecule has 3 aromatic rings. The van der Waals surface area contributed by atoms with Crippen LogP contribution in [0.25, 0.3) is 0 Å². The third-order valence-corrected chi connectivity index (χ3v) is 4.86. The number of aromatic amines is 1. The predicted molar refractivity (Wildman–Crippen MR) is 86.1 cm³/mol. The van der Waals surface area contributed by atoms with Gasteiger partial charge in [-0.25, -0.2) is 17.8 Å². The minimum absolute atomic E-state index is 0.263. The maximum absolute atomic E-state index is 13.9. The molecule has 3 rings (SSSR count). The number of aromatic nitrogens is 3. The standard InChI is InChI=1S/C16H15FN4O2S/c1-11-18-16(20-19-11)15(12-7-3-2-4-8-12)21-24(22,23)14-10-6-5-9-13(14)17/h2-10,15,21H,1H3,(H,18,19,20). The molecule has 6 nitrogen and oxygen atoms in total. The number of nitrogens with zero attached hydrogens (tertiary/aromatic N) is 2. The molecule has 0 aliphatic carbocycles. The normalized spacial score (nSPS) is 12.9. The molecule has 0 radical (unpaired) electrons. The molecule has 0 amide bonds. The fourth-order valence-corrected chi connectivity index (χ4v) is 3.55. The fourth-order valence-electron chi connectivity index (χ4n) is 2.29. The van der Waals surface area contributed by atoms with Crippen LogP contribution in [0.4, 0.5) is 4.39 Å². The highest BCUT2D eigenvalue weighted by atomic mass is 32.2. The first kappa shape index (κ1) is 16.3. The van der Waals surface area contributed by atoms with Crippen molar-refractivity contribution in [1.82, 2.24) is 19.9 Å². The van der Waals surface area contributed by atoms with Gasteiger partial charge in [-0.15, -0.1) is 0 Å². The Kier molecular flexibility index (Phi) is 4.41. The van der Waals surface area contributed by atoms with Gasteiger partial charge in [-0.05, 0) is 24.6 Å². The maximum Gasteiger partial charge on any atom is 0.244 e. The van der Waals surface area contributed by atoms with Crippen molar-refractivity contribution in [3.63, 3.8) is 0 Å². The van der Waals surface area contributed by atoms with Crippen LogP contribution in [-0.2, 0) is 10.0 Å². The van der Waals surface area contributed by atoms with Crippen LogP contribution in [0.15, 0.2) is 59.5 Å². The summed E-state index contributed by atoms with van der Waals surface area (Å²) in [6.07, 6.45) is 0. The fraction of sp³-hybridized carbons (Fsp3) is 0.125. The van der Waals surface area contributed by atoms with E-state index in [-0.39, 0.29) is 5.82 Å². The molecule has 1 aromatic heterocycles. The smallest absolute Gasteiger partial charge is 0.244 e. The Morgan fingerprint density at radius 2 is 1.75 bits per heavy atom. The first-order chi connectivity index (χ1) is 11.5. The van der Waals surface area contributed by atoms with Crippen LogP contribution in [0.5, 0.6) is 0 Å². The van der Waals surface area contributed by atoms with Crippen molar-refractivity contribution in [1.29, 1.82) is 0 Å². The van der Waals surface area contributed by atoms with Gasteiger partial charge in [0, 0.05) is 0 Å². The van der Waals surface area contributed by atoms with Crippen molar-refractivity contribution >= 4 is 10.0 Å². The second-order valence-electron chi connectivity index (χ2n) is 5.17. The van der Waals surface area contributed by atoms with E-state index < -0.39 is 26.8 Å². The summed E-state index contributed by atoms with van der Waals surface area (Å²) in [4.78, 5) is 3.78. The van der Waals surface area contributed by atoms with Crippen molar-refractivity contribution in [3.8, 4) is 0 Å². The van der Waals surface area contributed by atoms with Gasteiger partial charge in [0.15, 0.2) is 5.82 Å². The van der Waals surface area contributed by atoms with Crippen LogP contribution in [0.3, 0.4) is 0 Å². The summed E-state index contributed by atoms with van der Waals surface area (Å²) < 4.78 is 41.6. The highest BCUT2D eigenvalue weighted by Gasteiger charge is 2.27. The number of aryl methyl sites for hydroxylation is 1. The zero-order chi connectivity index (χ0) is 17.2. The quantitative estimate of drug-likeness (QED) is 0.742. The number of nitrogens with one attached hydrogen (secondary N) is 2. The molecule has 8 heteroatoms. The number of halogens is 1. The molecule has 0 aliphatic rings.